The lowest BCUT2D eigenvalue weighted by atomic mass is 9.84. The summed E-state index contributed by atoms with van der Waals surface area (Å²) >= 11 is 0. The molecule has 2 atom stereocenters. The van der Waals surface area contributed by atoms with E-state index >= 15 is 0 Å². The Hall–Kier alpha value is -1.35. The lowest BCUT2D eigenvalue weighted by Crippen LogP contribution is -2.41. The van der Waals surface area contributed by atoms with Crippen molar-refractivity contribution in [1.29, 1.82) is 0 Å². The predicted octanol–water partition coefficient (Wildman–Crippen LogP) is 4.06. The summed E-state index contributed by atoms with van der Waals surface area (Å²) in [5, 5.41) is 4.75. The molecule has 3 nitrogen and oxygen atoms in total. The first-order chi connectivity index (χ1) is 11.6. The van der Waals surface area contributed by atoms with Crippen LogP contribution in [0.4, 0.5) is 0 Å². The monoisotopic (exact) mass is 327 g/mol. The van der Waals surface area contributed by atoms with Gasteiger partial charge in [0.2, 0.25) is 5.91 Å². The molecule has 1 aromatic carbocycles. The normalized spacial score (nSPS) is 25.0. The fraction of sp³-hybridized carbons (Fsp3) is 0.667. The third-order valence-corrected chi connectivity index (χ3v) is 5.59. The minimum atomic E-state index is 0.209. The number of likely N-dealkylation sites (tertiary alicyclic amines) is 1. The summed E-state index contributed by atoms with van der Waals surface area (Å²) in [5.41, 5.74) is 2.85. The molecule has 24 heavy (non-hydrogen) atoms. The highest BCUT2D eigenvalue weighted by molar-refractivity contribution is 5.77. The Morgan fingerprint density at radius 2 is 2.04 bits per heavy atom. The Labute approximate surface area is 146 Å². The lowest BCUT2D eigenvalue weighted by Gasteiger charge is -2.32. The summed E-state index contributed by atoms with van der Waals surface area (Å²) in [6.45, 7) is 7.29. The fourth-order valence-corrected chi connectivity index (χ4v) is 4.03. The molecule has 3 rings (SSSR count). The number of amides is 1. The zero-order valence-corrected chi connectivity index (χ0v) is 15.2. The van der Waals surface area contributed by atoms with E-state index in [2.05, 4.69) is 43.0 Å². The second kappa shape index (κ2) is 8.15. The molecule has 131 valence electrons. The van der Waals surface area contributed by atoms with Crippen molar-refractivity contribution in [3.8, 4) is 0 Å². The van der Waals surface area contributed by atoms with Crippen LogP contribution in [0.15, 0.2) is 24.3 Å². The number of benzene rings is 1. The number of rotatable bonds is 4. The minimum Gasteiger partial charge on any atom is -0.343 e. The van der Waals surface area contributed by atoms with E-state index in [4.69, 9.17) is 5.32 Å². The van der Waals surface area contributed by atoms with Gasteiger partial charge in [-0.1, -0.05) is 38.1 Å². The van der Waals surface area contributed by atoms with Gasteiger partial charge in [-0.3, -0.25) is 4.79 Å². The van der Waals surface area contributed by atoms with Crippen molar-refractivity contribution in [2.75, 3.05) is 19.6 Å². The summed E-state index contributed by atoms with van der Waals surface area (Å²) in [7, 11) is 0. The molecule has 2 aliphatic rings. The Kier molecular flexibility index (Phi) is 5.94. The van der Waals surface area contributed by atoms with Gasteiger partial charge in [0.1, 0.15) is 0 Å². The van der Waals surface area contributed by atoms with Gasteiger partial charge in [0.05, 0.1) is 0 Å². The molecule has 0 saturated carbocycles. The molecule has 0 aromatic heterocycles. The van der Waals surface area contributed by atoms with Crippen molar-refractivity contribution in [3.63, 3.8) is 0 Å². The van der Waals surface area contributed by atoms with Crippen molar-refractivity contribution in [2.24, 2.45) is 0 Å². The maximum absolute atomic E-state index is 12.5. The van der Waals surface area contributed by atoms with E-state index in [1.54, 1.807) is 0 Å². The highest BCUT2D eigenvalue weighted by atomic mass is 16.2. The zero-order chi connectivity index (χ0) is 16.9. The third-order valence-electron chi connectivity index (χ3n) is 5.59. The Balaban J connectivity index is 1.59. The molecular formula is C21H31N2O. The number of nitrogens with zero attached hydrogens (tertiary/aromatic N) is 2. The smallest absolute Gasteiger partial charge is 0.224 e. The van der Waals surface area contributed by atoms with Gasteiger partial charge in [0.25, 0.3) is 0 Å². The molecule has 2 heterocycles. The maximum atomic E-state index is 12.5. The molecule has 0 spiro atoms. The molecule has 3 heteroatoms. The van der Waals surface area contributed by atoms with Crippen LogP contribution in [0.1, 0.15) is 75.3 Å². The van der Waals surface area contributed by atoms with Crippen LogP contribution in [0.25, 0.3) is 0 Å². The zero-order valence-electron chi connectivity index (χ0n) is 15.2. The topological polar surface area (TPSA) is 34.4 Å². The first-order valence-electron chi connectivity index (χ1n) is 9.67. The molecule has 2 fully saturated rings. The van der Waals surface area contributed by atoms with Crippen LogP contribution in [0.2, 0.25) is 0 Å². The number of hydrogen-bond acceptors (Lipinski definition) is 1. The molecular weight excluding hydrogens is 296 g/mol. The van der Waals surface area contributed by atoms with Crippen molar-refractivity contribution >= 4 is 5.91 Å². The summed E-state index contributed by atoms with van der Waals surface area (Å²) in [5.74, 6) is 1.44. The maximum Gasteiger partial charge on any atom is 0.224 e. The molecule has 0 N–H and O–H groups in total. The molecule has 1 amide bonds. The molecule has 0 bridgehead atoms. The molecule has 1 aromatic rings. The number of carbonyl (C=O) groups excluding carboxylic acids is 1. The van der Waals surface area contributed by atoms with Crippen LogP contribution >= 0.6 is 0 Å². The van der Waals surface area contributed by atoms with E-state index in [9.17, 15) is 4.79 Å². The standard InChI is InChI=1S/C21H31N2O/c1-16(2)17-7-6-8-18(13-17)19-9-10-22-20(14-19)15-21(24)23-11-4-3-5-12-23/h6-8,13,16,19-20H,3-5,9-12,14-15H2,1-2H3/t19?,20-/m0/s1. The highest BCUT2D eigenvalue weighted by Gasteiger charge is 2.27. The van der Waals surface area contributed by atoms with Crippen LogP contribution in [-0.2, 0) is 4.79 Å². The first-order valence-corrected chi connectivity index (χ1v) is 9.67. The molecule has 2 saturated heterocycles. The van der Waals surface area contributed by atoms with Crippen LogP contribution < -0.4 is 5.32 Å². The van der Waals surface area contributed by atoms with Crippen LogP contribution in [-0.4, -0.2) is 36.5 Å². The molecule has 2 aliphatic heterocycles. The van der Waals surface area contributed by atoms with Gasteiger partial charge in [0, 0.05) is 32.1 Å². The van der Waals surface area contributed by atoms with Gasteiger partial charge in [-0.2, -0.15) is 0 Å². The van der Waals surface area contributed by atoms with Gasteiger partial charge < -0.3 is 4.90 Å². The minimum absolute atomic E-state index is 0.209. The average Bonchev–Trinajstić information content (AvgIpc) is 2.63. The van der Waals surface area contributed by atoms with Gasteiger partial charge >= 0.3 is 0 Å². The summed E-state index contributed by atoms with van der Waals surface area (Å²) < 4.78 is 0. The van der Waals surface area contributed by atoms with Crippen LogP contribution in [0, 0.1) is 0 Å². The first kappa shape index (κ1) is 17.5. The SMILES string of the molecule is CC(C)c1cccc(C2CC[N][C@H](CC(=O)N3CCCCC3)C2)c1. The van der Waals surface area contributed by atoms with E-state index < -0.39 is 0 Å². The second-order valence-electron chi connectivity index (χ2n) is 7.75. The number of piperidine rings is 2. The summed E-state index contributed by atoms with van der Waals surface area (Å²) in [6.07, 6.45) is 6.36. The van der Waals surface area contributed by atoms with E-state index in [0.29, 0.717) is 24.2 Å². The number of carbonyl (C=O) groups is 1. The van der Waals surface area contributed by atoms with E-state index in [1.165, 1.54) is 17.5 Å². The number of hydrogen-bond donors (Lipinski definition) is 0. The summed E-state index contributed by atoms with van der Waals surface area (Å²) in [6, 6.07) is 9.24. The Morgan fingerprint density at radius 1 is 1.25 bits per heavy atom. The van der Waals surface area contributed by atoms with Crippen molar-refractivity contribution in [3.05, 3.63) is 35.4 Å². The Morgan fingerprint density at radius 3 is 2.79 bits per heavy atom. The highest BCUT2D eigenvalue weighted by Crippen LogP contribution is 2.31. The second-order valence-corrected chi connectivity index (χ2v) is 7.75. The average molecular weight is 327 g/mol. The van der Waals surface area contributed by atoms with E-state index in [1.807, 2.05) is 0 Å². The van der Waals surface area contributed by atoms with E-state index in [0.717, 1.165) is 45.3 Å². The van der Waals surface area contributed by atoms with Gasteiger partial charge in [-0.05, 0) is 55.1 Å². The van der Waals surface area contributed by atoms with Gasteiger partial charge in [-0.15, -0.1) is 0 Å². The predicted molar refractivity (Wildman–Crippen MR) is 98.3 cm³/mol. The largest absolute Gasteiger partial charge is 0.343 e. The van der Waals surface area contributed by atoms with Crippen molar-refractivity contribution in [2.45, 2.75) is 70.3 Å². The quantitative estimate of drug-likeness (QED) is 0.821. The van der Waals surface area contributed by atoms with Gasteiger partial charge in [-0.25, -0.2) is 5.32 Å². The van der Waals surface area contributed by atoms with Crippen molar-refractivity contribution in [1.82, 2.24) is 10.2 Å². The van der Waals surface area contributed by atoms with E-state index in [-0.39, 0.29) is 6.04 Å². The van der Waals surface area contributed by atoms with Crippen LogP contribution in [0.3, 0.4) is 0 Å². The lowest BCUT2D eigenvalue weighted by molar-refractivity contribution is -0.132. The van der Waals surface area contributed by atoms with Crippen molar-refractivity contribution < 1.29 is 4.79 Å². The summed E-state index contributed by atoms with van der Waals surface area (Å²) in [4.78, 5) is 14.6. The molecule has 1 radical (unpaired) electrons. The molecule has 0 aliphatic carbocycles. The fourth-order valence-electron chi connectivity index (χ4n) is 4.03. The third kappa shape index (κ3) is 4.38. The Bertz CT molecular complexity index is 549. The van der Waals surface area contributed by atoms with Crippen LogP contribution in [0.5, 0.6) is 0 Å². The van der Waals surface area contributed by atoms with Gasteiger partial charge in [0.15, 0.2) is 0 Å². The molecule has 1 unspecified atom stereocenters.